The zero-order valence-corrected chi connectivity index (χ0v) is 13.1. The van der Waals surface area contributed by atoms with Crippen molar-refractivity contribution >= 4 is 9.84 Å². The summed E-state index contributed by atoms with van der Waals surface area (Å²) in [5.41, 5.74) is 2.37. The molecular formula is C15H24N2O2S. The first-order valence-corrected chi connectivity index (χ1v) is 9.42. The van der Waals surface area contributed by atoms with Crippen LogP contribution in [0.25, 0.3) is 0 Å². The van der Waals surface area contributed by atoms with E-state index >= 15 is 0 Å². The minimum absolute atomic E-state index is 0.0288. The molecule has 0 saturated heterocycles. The van der Waals surface area contributed by atoms with Crippen molar-refractivity contribution in [3.63, 3.8) is 0 Å². The zero-order valence-electron chi connectivity index (χ0n) is 12.3. The number of pyridine rings is 1. The van der Waals surface area contributed by atoms with E-state index < -0.39 is 9.84 Å². The second kappa shape index (κ2) is 6.68. The molecule has 0 spiro atoms. The highest BCUT2D eigenvalue weighted by Crippen LogP contribution is 2.32. The van der Waals surface area contributed by atoms with E-state index in [1.54, 1.807) is 0 Å². The summed E-state index contributed by atoms with van der Waals surface area (Å²) in [4.78, 5) is 4.52. The summed E-state index contributed by atoms with van der Waals surface area (Å²) in [6.07, 6.45) is 7.31. The maximum atomic E-state index is 11.7. The third kappa shape index (κ3) is 4.03. The van der Waals surface area contributed by atoms with Gasteiger partial charge in [0.1, 0.15) is 9.84 Å². The highest BCUT2D eigenvalue weighted by Gasteiger charge is 2.30. The Labute approximate surface area is 121 Å². The number of aromatic nitrogens is 1. The fraction of sp³-hybridized carbons (Fsp3) is 0.667. The first-order valence-electron chi connectivity index (χ1n) is 7.36. The molecule has 1 N–H and O–H groups in total. The Kier molecular flexibility index (Phi) is 5.16. The monoisotopic (exact) mass is 296 g/mol. The molecule has 0 aromatic carbocycles. The molecule has 4 nitrogen and oxygen atoms in total. The van der Waals surface area contributed by atoms with Gasteiger partial charge in [0.15, 0.2) is 0 Å². The van der Waals surface area contributed by atoms with E-state index in [1.807, 2.05) is 12.3 Å². The summed E-state index contributed by atoms with van der Waals surface area (Å²) in [6.45, 7) is 2.94. The quantitative estimate of drug-likeness (QED) is 0.871. The number of nitrogens with zero attached hydrogens (tertiary/aromatic N) is 1. The predicted molar refractivity (Wildman–Crippen MR) is 81.7 cm³/mol. The van der Waals surface area contributed by atoms with Crippen LogP contribution >= 0.6 is 0 Å². The van der Waals surface area contributed by atoms with Crippen molar-refractivity contribution < 1.29 is 8.42 Å². The van der Waals surface area contributed by atoms with E-state index in [0.717, 1.165) is 37.9 Å². The molecular weight excluding hydrogens is 272 g/mol. The smallest absolute Gasteiger partial charge is 0.149 e. The molecule has 1 heterocycles. The Hall–Kier alpha value is -0.940. The van der Waals surface area contributed by atoms with Gasteiger partial charge in [0.2, 0.25) is 0 Å². The van der Waals surface area contributed by atoms with Crippen LogP contribution in [0.4, 0.5) is 0 Å². The lowest BCUT2D eigenvalue weighted by Crippen LogP contribution is -2.42. The van der Waals surface area contributed by atoms with Crippen LogP contribution in [0.15, 0.2) is 18.3 Å². The Morgan fingerprint density at radius 3 is 3.00 bits per heavy atom. The van der Waals surface area contributed by atoms with Crippen LogP contribution in [0, 0.1) is 0 Å². The molecule has 0 bridgehead atoms. The third-order valence-electron chi connectivity index (χ3n) is 3.86. The van der Waals surface area contributed by atoms with Crippen LogP contribution in [-0.2, 0) is 16.3 Å². The first kappa shape index (κ1) is 15.4. The Morgan fingerprint density at radius 2 is 2.30 bits per heavy atom. The van der Waals surface area contributed by atoms with Gasteiger partial charge in [-0.05, 0) is 43.9 Å². The predicted octanol–water partition coefficient (Wildman–Crippen LogP) is 1.91. The van der Waals surface area contributed by atoms with Gasteiger partial charge in [0.05, 0.1) is 5.75 Å². The topological polar surface area (TPSA) is 59.1 Å². The number of fused-ring (bicyclic) bond motifs is 1. The summed E-state index contributed by atoms with van der Waals surface area (Å²) in [5, 5.41) is 3.42. The van der Waals surface area contributed by atoms with Crippen molar-refractivity contribution in [2.24, 2.45) is 0 Å². The van der Waals surface area contributed by atoms with E-state index in [0.29, 0.717) is 0 Å². The summed E-state index contributed by atoms with van der Waals surface area (Å²) in [7, 11) is -3.00. The lowest BCUT2D eigenvalue weighted by molar-refractivity contribution is 0.406. The van der Waals surface area contributed by atoms with Crippen molar-refractivity contribution in [3.05, 3.63) is 29.6 Å². The van der Waals surface area contributed by atoms with E-state index in [-0.39, 0.29) is 17.7 Å². The normalized spacial score (nSPS) is 20.4. The number of hydrogen-bond acceptors (Lipinski definition) is 4. The molecule has 20 heavy (non-hydrogen) atoms. The third-order valence-corrected chi connectivity index (χ3v) is 4.83. The van der Waals surface area contributed by atoms with Crippen LogP contribution < -0.4 is 5.32 Å². The van der Waals surface area contributed by atoms with E-state index in [9.17, 15) is 8.42 Å². The lowest BCUT2D eigenvalue weighted by atomic mass is 9.82. The minimum Gasteiger partial charge on any atom is -0.312 e. The fourth-order valence-electron chi connectivity index (χ4n) is 3.01. The molecule has 0 saturated carbocycles. The minimum atomic E-state index is -3.00. The van der Waals surface area contributed by atoms with Gasteiger partial charge in [-0.1, -0.05) is 13.0 Å². The average molecular weight is 296 g/mol. The zero-order chi connectivity index (χ0) is 14.6. The van der Waals surface area contributed by atoms with Gasteiger partial charge in [-0.15, -0.1) is 0 Å². The standard InChI is InChI=1S/C15H24N2O2S/c1-3-9-16-14(11-20(2,18)19)13-8-4-6-12-7-5-10-17-15(12)13/h5,7,10,13-14,16H,3-4,6,8-9,11H2,1-2H3. The van der Waals surface area contributed by atoms with Gasteiger partial charge >= 0.3 is 0 Å². The second-order valence-corrected chi connectivity index (χ2v) is 7.88. The Balaban J connectivity index is 2.25. The number of nitrogens with one attached hydrogen (secondary N) is 1. The summed E-state index contributed by atoms with van der Waals surface area (Å²) >= 11 is 0. The summed E-state index contributed by atoms with van der Waals surface area (Å²) in [5.74, 6) is 0.398. The molecule has 1 aromatic rings. The van der Waals surface area contributed by atoms with Crippen LogP contribution in [0.2, 0.25) is 0 Å². The van der Waals surface area contributed by atoms with Gasteiger partial charge in [0.25, 0.3) is 0 Å². The van der Waals surface area contributed by atoms with Gasteiger partial charge in [-0.25, -0.2) is 8.42 Å². The molecule has 112 valence electrons. The molecule has 5 heteroatoms. The molecule has 1 aliphatic carbocycles. The maximum absolute atomic E-state index is 11.7. The van der Waals surface area contributed by atoms with Crippen molar-refractivity contribution in [2.75, 3.05) is 18.6 Å². The second-order valence-electron chi connectivity index (χ2n) is 5.70. The largest absolute Gasteiger partial charge is 0.312 e. The molecule has 2 rings (SSSR count). The molecule has 0 fully saturated rings. The number of aryl methyl sites for hydroxylation is 1. The van der Waals surface area contributed by atoms with Gasteiger partial charge in [0, 0.05) is 30.1 Å². The van der Waals surface area contributed by atoms with Crippen LogP contribution in [0.5, 0.6) is 0 Å². The Morgan fingerprint density at radius 1 is 1.50 bits per heavy atom. The van der Waals surface area contributed by atoms with Crippen molar-refractivity contribution in [2.45, 2.75) is 44.6 Å². The SMILES string of the molecule is CCCNC(CS(C)(=O)=O)C1CCCc2cccnc21. The Bertz CT molecular complexity index is 543. The van der Waals surface area contributed by atoms with Gasteiger partial charge < -0.3 is 5.32 Å². The highest BCUT2D eigenvalue weighted by molar-refractivity contribution is 7.90. The van der Waals surface area contributed by atoms with Crippen molar-refractivity contribution in [1.29, 1.82) is 0 Å². The fourth-order valence-corrected chi connectivity index (χ4v) is 4.01. The molecule has 2 unspecified atom stereocenters. The van der Waals surface area contributed by atoms with Crippen molar-refractivity contribution in [1.82, 2.24) is 10.3 Å². The van der Waals surface area contributed by atoms with Crippen LogP contribution in [0.3, 0.4) is 0 Å². The van der Waals surface area contributed by atoms with E-state index in [2.05, 4.69) is 23.3 Å². The summed E-state index contributed by atoms with van der Waals surface area (Å²) < 4.78 is 23.4. The van der Waals surface area contributed by atoms with Crippen molar-refractivity contribution in [3.8, 4) is 0 Å². The number of hydrogen-bond donors (Lipinski definition) is 1. The number of rotatable bonds is 6. The number of sulfone groups is 1. The van der Waals surface area contributed by atoms with Crippen LogP contribution in [-0.4, -0.2) is 38.0 Å². The van der Waals surface area contributed by atoms with Crippen LogP contribution in [0.1, 0.15) is 43.4 Å². The molecule has 2 atom stereocenters. The summed E-state index contributed by atoms with van der Waals surface area (Å²) in [6, 6.07) is 4.05. The molecule has 1 aliphatic rings. The maximum Gasteiger partial charge on any atom is 0.149 e. The molecule has 0 amide bonds. The lowest BCUT2D eigenvalue weighted by Gasteiger charge is -2.31. The van der Waals surface area contributed by atoms with Gasteiger partial charge in [-0.2, -0.15) is 0 Å². The average Bonchev–Trinajstić information content (AvgIpc) is 2.41. The molecule has 1 aromatic heterocycles. The highest BCUT2D eigenvalue weighted by atomic mass is 32.2. The van der Waals surface area contributed by atoms with E-state index in [1.165, 1.54) is 11.8 Å². The molecule has 0 aliphatic heterocycles. The van der Waals surface area contributed by atoms with Gasteiger partial charge in [-0.3, -0.25) is 4.98 Å². The van der Waals surface area contributed by atoms with E-state index in [4.69, 9.17) is 0 Å². The first-order chi connectivity index (χ1) is 9.51. The molecule has 0 radical (unpaired) electrons.